The highest BCUT2D eigenvalue weighted by Crippen LogP contribution is 2.26. The summed E-state index contributed by atoms with van der Waals surface area (Å²) < 4.78 is 1.78. The highest BCUT2D eigenvalue weighted by Gasteiger charge is 2.21. The maximum absolute atomic E-state index is 12.7. The molecular weight excluding hydrogens is 424 g/mol. The average Bonchev–Trinajstić information content (AvgIpc) is 3.19. The standard InChI is InChI=1S/C28H36N4O2/c1-19-9-7-10-23(15-19)32-26(17-25(31-32)28(4,5)6)30-27(34)12-8-11-24(33)18-29-22-14-13-20(2)21(3)16-22/h7,9-10,13-17,29H,8,11-12,18H2,1-6H3,(H,30,34). The van der Waals surface area contributed by atoms with Gasteiger partial charge in [-0.3, -0.25) is 9.59 Å². The van der Waals surface area contributed by atoms with Crippen LogP contribution in [-0.2, 0) is 15.0 Å². The molecular formula is C28H36N4O2. The number of aromatic nitrogens is 2. The number of carbonyl (C=O) groups excluding carboxylic acids is 2. The number of amides is 1. The lowest BCUT2D eigenvalue weighted by Crippen LogP contribution is -2.17. The second kappa shape index (κ2) is 10.7. The van der Waals surface area contributed by atoms with E-state index in [9.17, 15) is 9.59 Å². The molecule has 0 radical (unpaired) electrons. The van der Waals surface area contributed by atoms with Crippen molar-refractivity contribution < 1.29 is 9.59 Å². The number of hydrogen-bond acceptors (Lipinski definition) is 4. The number of aryl methyl sites for hydroxylation is 3. The summed E-state index contributed by atoms with van der Waals surface area (Å²) in [5.41, 5.74) is 6.12. The molecule has 34 heavy (non-hydrogen) atoms. The van der Waals surface area contributed by atoms with Gasteiger partial charge in [0.1, 0.15) is 5.82 Å². The monoisotopic (exact) mass is 460 g/mol. The van der Waals surface area contributed by atoms with E-state index in [-0.39, 0.29) is 30.1 Å². The van der Waals surface area contributed by atoms with E-state index < -0.39 is 0 Å². The lowest BCUT2D eigenvalue weighted by Gasteiger charge is -2.14. The third-order valence-corrected chi connectivity index (χ3v) is 5.85. The van der Waals surface area contributed by atoms with Gasteiger partial charge in [0.25, 0.3) is 0 Å². The summed E-state index contributed by atoms with van der Waals surface area (Å²) in [5.74, 6) is 0.610. The molecule has 6 heteroatoms. The van der Waals surface area contributed by atoms with Gasteiger partial charge in [-0.15, -0.1) is 0 Å². The SMILES string of the molecule is Cc1cccc(-n2nc(C(C)(C)C)cc2NC(=O)CCCC(=O)CNc2ccc(C)c(C)c2)c1. The van der Waals surface area contributed by atoms with Crippen molar-refractivity contribution in [3.05, 3.63) is 70.9 Å². The van der Waals surface area contributed by atoms with Crippen molar-refractivity contribution in [3.63, 3.8) is 0 Å². The zero-order chi connectivity index (χ0) is 24.9. The van der Waals surface area contributed by atoms with E-state index in [1.165, 1.54) is 11.1 Å². The van der Waals surface area contributed by atoms with Crippen molar-refractivity contribution >= 4 is 23.2 Å². The van der Waals surface area contributed by atoms with Gasteiger partial charge in [0.2, 0.25) is 5.91 Å². The molecule has 1 heterocycles. The number of anilines is 2. The van der Waals surface area contributed by atoms with Crippen LogP contribution < -0.4 is 10.6 Å². The number of rotatable bonds is 9. The van der Waals surface area contributed by atoms with E-state index in [2.05, 4.69) is 45.3 Å². The summed E-state index contributed by atoms with van der Waals surface area (Å²) in [7, 11) is 0. The second-order valence-electron chi connectivity index (χ2n) is 10.0. The van der Waals surface area contributed by atoms with Crippen LogP contribution in [0, 0.1) is 20.8 Å². The molecule has 0 aliphatic carbocycles. The fourth-order valence-corrected chi connectivity index (χ4v) is 3.59. The Morgan fingerprint density at radius 3 is 2.38 bits per heavy atom. The Kier molecular flexibility index (Phi) is 7.92. The Morgan fingerprint density at radius 1 is 0.941 bits per heavy atom. The highest BCUT2D eigenvalue weighted by molar-refractivity contribution is 5.91. The fourth-order valence-electron chi connectivity index (χ4n) is 3.59. The van der Waals surface area contributed by atoms with Crippen molar-refractivity contribution in [1.29, 1.82) is 0 Å². The third kappa shape index (κ3) is 6.80. The molecule has 0 atom stereocenters. The molecule has 0 bridgehead atoms. The van der Waals surface area contributed by atoms with Gasteiger partial charge in [0.05, 0.1) is 17.9 Å². The Labute approximate surface area is 202 Å². The number of benzene rings is 2. The van der Waals surface area contributed by atoms with Crippen molar-refractivity contribution in [2.75, 3.05) is 17.2 Å². The quantitative estimate of drug-likeness (QED) is 0.418. The lowest BCUT2D eigenvalue weighted by molar-refractivity contribution is -0.118. The number of carbonyl (C=O) groups is 2. The van der Waals surface area contributed by atoms with Crippen LogP contribution in [0.2, 0.25) is 0 Å². The Morgan fingerprint density at radius 2 is 1.71 bits per heavy atom. The first-order valence-corrected chi connectivity index (χ1v) is 11.8. The minimum absolute atomic E-state index is 0.0887. The van der Waals surface area contributed by atoms with Gasteiger partial charge < -0.3 is 10.6 Å². The predicted octanol–water partition coefficient (Wildman–Crippen LogP) is 5.89. The van der Waals surface area contributed by atoms with Crippen LogP contribution in [0.5, 0.6) is 0 Å². The normalized spacial score (nSPS) is 11.4. The Balaban J connectivity index is 1.56. The molecule has 0 aliphatic heterocycles. The number of Topliss-reactive ketones (excluding diaryl/α,β-unsaturated/α-hetero) is 1. The molecule has 0 saturated carbocycles. The molecule has 180 valence electrons. The topological polar surface area (TPSA) is 76.0 Å². The number of nitrogens with zero attached hydrogens (tertiary/aromatic N) is 2. The minimum atomic E-state index is -0.149. The molecule has 0 saturated heterocycles. The number of ketones is 1. The molecule has 1 amide bonds. The van der Waals surface area contributed by atoms with Crippen molar-refractivity contribution in [2.45, 2.75) is 66.2 Å². The van der Waals surface area contributed by atoms with Crippen LogP contribution in [0.1, 0.15) is 62.4 Å². The molecule has 0 aliphatic rings. The van der Waals surface area contributed by atoms with Crippen molar-refractivity contribution in [1.82, 2.24) is 9.78 Å². The maximum Gasteiger partial charge on any atom is 0.225 e. The van der Waals surface area contributed by atoms with Gasteiger partial charge in [-0.05, 0) is 68.1 Å². The predicted molar refractivity (Wildman–Crippen MR) is 139 cm³/mol. The average molecular weight is 461 g/mol. The van der Waals surface area contributed by atoms with Crippen LogP contribution in [0.15, 0.2) is 48.5 Å². The highest BCUT2D eigenvalue weighted by atomic mass is 16.1. The second-order valence-corrected chi connectivity index (χ2v) is 10.0. The van der Waals surface area contributed by atoms with Crippen LogP contribution >= 0.6 is 0 Å². The van der Waals surface area contributed by atoms with Crippen LogP contribution in [0.25, 0.3) is 5.69 Å². The first-order chi connectivity index (χ1) is 16.0. The van der Waals surface area contributed by atoms with E-state index >= 15 is 0 Å². The Hall–Kier alpha value is -3.41. The largest absolute Gasteiger partial charge is 0.378 e. The third-order valence-electron chi connectivity index (χ3n) is 5.85. The minimum Gasteiger partial charge on any atom is -0.378 e. The van der Waals surface area contributed by atoms with Crippen LogP contribution in [0.3, 0.4) is 0 Å². The fraction of sp³-hybridized carbons (Fsp3) is 0.393. The zero-order valence-corrected chi connectivity index (χ0v) is 21.2. The van der Waals surface area contributed by atoms with E-state index in [1.54, 1.807) is 4.68 Å². The first-order valence-electron chi connectivity index (χ1n) is 11.8. The van der Waals surface area contributed by atoms with Crippen molar-refractivity contribution in [2.24, 2.45) is 0 Å². The first kappa shape index (κ1) is 25.2. The molecule has 2 aromatic carbocycles. The summed E-state index contributed by atoms with van der Waals surface area (Å²) in [4.78, 5) is 25.0. The van der Waals surface area contributed by atoms with Crippen LogP contribution in [0.4, 0.5) is 11.5 Å². The van der Waals surface area contributed by atoms with Crippen LogP contribution in [-0.4, -0.2) is 28.0 Å². The Bertz CT molecular complexity index is 1170. The molecule has 0 unspecified atom stereocenters. The number of hydrogen-bond donors (Lipinski definition) is 2. The summed E-state index contributed by atoms with van der Waals surface area (Å²) in [6.45, 7) is 12.7. The molecule has 6 nitrogen and oxygen atoms in total. The summed E-state index contributed by atoms with van der Waals surface area (Å²) in [6.07, 6.45) is 1.14. The van der Waals surface area contributed by atoms with E-state index in [0.29, 0.717) is 18.7 Å². The maximum atomic E-state index is 12.7. The number of nitrogens with one attached hydrogen (secondary N) is 2. The van der Waals surface area contributed by atoms with Gasteiger partial charge >= 0.3 is 0 Å². The summed E-state index contributed by atoms with van der Waals surface area (Å²) >= 11 is 0. The van der Waals surface area contributed by atoms with E-state index in [4.69, 9.17) is 5.10 Å². The van der Waals surface area contributed by atoms with Gasteiger partial charge in [0.15, 0.2) is 5.78 Å². The zero-order valence-electron chi connectivity index (χ0n) is 21.2. The van der Waals surface area contributed by atoms with E-state index in [1.807, 2.05) is 55.5 Å². The molecule has 3 aromatic rings. The smallest absolute Gasteiger partial charge is 0.225 e. The van der Waals surface area contributed by atoms with E-state index in [0.717, 1.165) is 22.6 Å². The molecule has 0 fully saturated rings. The molecule has 3 rings (SSSR count). The molecule has 1 aromatic heterocycles. The van der Waals surface area contributed by atoms with Gasteiger partial charge in [-0.1, -0.05) is 39.0 Å². The van der Waals surface area contributed by atoms with Gasteiger partial charge in [-0.2, -0.15) is 5.10 Å². The summed E-state index contributed by atoms with van der Waals surface area (Å²) in [6, 6.07) is 16.0. The van der Waals surface area contributed by atoms with Gasteiger partial charge in [-0.25, -0.2) is 4.68 Å². The summed E-state index contributed by atoms with van der Waals surface area (Å²) in [5, 5.41) is 10.9. The van der Waals surface area contributed by atoms with Crippen molar-refractivity contribution in [3.8, 4) is 5.69 Å². The van der Waals surface area contributed by atoms with Gasteiger partial charge in [0, 0.05) is 30.0 Å². The molecule has 2 N–H and O–H groups in total. The molecule has 0 spiro atoms. The lowest BCUT2D eigenvalue weighted by atomic mass is 9.92.